The number of hydrogen-bond donors (Lipinski definition) is 2. The van der Waals surface area contributed by atoms with Crippen LogP contribution in [0, 0.1) is 0 Å². The molecule has 0 fully saturated rings. The van der Waals surface area contributed by atoms with Crippen LogP contribution < -0.4 is 11.1 Å². The first-order chi connectivity index (χ1) is 5.83. The van der Waals surface area contributed by atoms with Crippen LogP contribution in [0.5, 0.6) is 0 Å². The molecule has 1 rings (SSSR count). The predicted octanol–water partition coefficient (Wildman–Crippen LogP) is 1.02. The molecule has 0 aromatic heterocycles. The highest BCUT2D eigenvalue weighted by atomic mass is 15.1. The minimum absolute atomic E-state index is 0.477. The van der Waals surface area contributed by atoms with Crippen LogP contribution in [0.15, 0.2) is 17.1 Å². The van der Waals surface area contributed by atoms with Gasteiger partial charge in [0.15, 0.2) is 5.96 Å². The zero-order valence-corrected chi connectivity index (χ0v) is 7.59. The molecule has 0 radical (unpaired) electrons. The Labute approximate surface area is 73.7 Å². The summed E-state index contributed by atoms with van der Waals surface area (Å²) in [7, 11) is 0. The number of guanidine groups is 1. The van der Waals surface area contributed by atoms with E-state index in [1.165, 1.54) is 0 Å². The summed E-state index contributed by atoms with van der Waals surface area (Å²) < 4.78 is 0. The lowest BCUT2D eigenvalue weighted by molar-refractivity contribution is 0.646. The number of aliphatic imine (C=N–C) groups is 1. The second-order valence-electron chi connectivity index (χ2n) is 3.05. The average molecular weight is 167 g/mol. The van der Waals surface area contributed by atoms with Gasteiger partial charge in [-0.25, -0.2) is 0 Å². The van der Waals surface area contributed by atoms with Crippen molar-refractivity contribution in [1.29, 1.82) is 0 Å². The van der Waals surface area contributed by atoms with E-state index in [0.29, 0.717) is 12.0 Å². The van der Waals surface area contributed by atoms with Crippen LogP contribution in [0.25, 0.3) is 0 Å². The fourth-order valence-corrected chi connectivity index (χ4v) is 1.22. The van der Waals surface area contributed by atoms with E-state index in [0.717, 1.165) is 25.8 Å². The zero-order valence-electron chi connectivity index (χ0n) is 7.59. The maximum Gasteiger partial charge on any atom is 0.188 e. The third kappa shape index (κ3) is 2.95. The Bertz CT molecular complexity index is 176. The van der Waals surface area contributed by atoms with Gasteiger partial charge in [0.05, 0.1) is 0 Å². The second kappa shape index (κ2) is 4.80. The van der Waals surface area contributed by atoms with Crippen molar-refractivity contribution in [1.82, 2.24) is 5.32 Å². The number of nitrogens with zero attached hydrogens (tertiary/aromatic N) is 1. The third-order valence-corrected chi connectivity index (χ3v) is 1.87. The van der Waals surface area contributed by atoms with E-state index in [9.17, 15) is 0 Å². The van der Waals surface area contributed by atoms with Crippen LogP contribution in [-0.2, 0) is 0 Å². The Balaban J connectivity index is 2.20. The smallest absolute Gasteiger partial charge is 0.188 e. The molecule has 0 aliphatic heterocycles. The van der Waals surface area contributed by atoms with Gasteiger partial charge in [-0.3, -0.25) is 4.99 Å². The molecule has 3 heteroatoms. The van der Waals surface area contributed by atoms with Gasteiger partial charge in [-0.2, -0.15) is 0 Å². The molecule has 0 saturated carbocycles. The lowest BCUT2D eigenvalue weighted by atomic mass is 10.2. The maximum absolute atomic E-state index is 5.65. The van der Waals surface area contributed by atoms with Gasteiger partial charge >= 0.3 is 0 Å². The first-order valence-corrected chi connectivity index (χ1v) is 4.54. The lowest BCUT2D eigenvalue weighted by Crippen LogP contribution is -2.38. The van der Waals surface area contributed by atoms with Crippen molar-refractivity contribution in [3.05, 3.63) is 12.2 Å². The van der Waals surface area contributed by atoms with E-state index in [2.05, 4.69) is 29.4 Å². The molecular weight excluding hydrogens is 150 g/mol. The summed E-state index contributed by atoms with van der Waals surface area (Å²) in [5, 5.41) is 3.18. The van der Waals surface area contributed by atoms with E-state index in [1.54, 1.807) is 0 Å². The Hall–Kier alpha value is -0.990. The summed E-state index contributed by atoms with van der Waals surface area (Å²) in [5.74, 6) is 0.588. The third-order valence-electron chi connectivity index (χ3n) is 1.87. The number of nitrogens with one attached hydrogen (secondary N) is 1. The lowest BCUT2D eigenvalue weighted by Gasteiger charge is -2.11. The molecular formula is C9H17N3. The fraction of sp³-hybridized carbons (Fsp3) is 0.667. The predicted molar refractivity (Wildman–Crippen MR) is 52.1 cm³/mol. The Morgan fingerprint density at radius 1 is 1.58 bits per heavy atom. The number of rotatable bonds is 3. The van der Waals surface area contributed by atoms with E-state index in [-0.39, 0.29) is 0 Å². The van der Waals surface area contributed by atoms with Crippen LogP contribution in [0.4, 0.5) is 0 Å². The maximum atomic E-state index is 5.65. The van der Waals surface area contributed by atoms with Gasteiger partial charge in [0.25, 0.3) is 0 Å². The van der Waals surface area contributed by atoms with Gasteiger partial charge in [-0.05, 0) is 19.3 Å². The van der Waals surface area contributed by atoms with Crippen LogP contribution in [0.3, 0.4) is 0 Å². The summed E-state index contributed by atoms with van der Waals surface area (Å²) in [6, 6.07) is 0.477. The van der Waals surface area contributed by atoms with Crippen molar-refractivity contribution < 1.29 is 0 Å². The minimum Gasteiger partial charge on any atom is -0.370 e. The van der Waals surface area contributed by atoms with Gasteiger partial charge in [0, 0.05) is 12.6 Å². The molecule has 3 nitrogen and oxygen atoms in total. The minimum atomic E-state index is 0.477. The Morgan fingerprint density at radius 3 is 2.83 bits per heavy atom. The highest BCUT2D eigenvalue weighted by Crippen LogP contribution is 2.08. The summed E-state index contributed by atoms with van der Waals surface area (Å²) in [4.78, 5) is 4.16. The first kappa shape index (κ1) is 9.10. The van der Waals surface area contributed by atoms with E-state index in [1.807, 2.05) is 0 Å². The summed E-state index contributed by atoms with van der Waals surface area (Å²) in [6.45, 7) is 2.91. The molecule has 0 saturated heterocycles. The molecule has 12 heavy (non-hydrogen) atoms. The SMILES string of the molecule is CCCN=C(N)NC1CC=CC1. The van der Waals surface area contributed by atoms with E-state index < -0.39 is 0 Å². The molecule has 1 aliphatic rings. The molecule has 0 heterocycles. The summed E-state index contributed by atoms with van der Waals surface area (Å²) in [6.07, 6.45) is 7.53. The molecule has 3 N–H and O–H groups in total. The van der Waals surface area contributed by atoms with Crippen LogP contribution in [0.2, 0.25) is 0 Å². The summed E-state index contributed by atoms with van der Waals surface area (Å²) >= 11 is 0. The number of hydrogen-bond acceptors (Lipinski definition) is 1. The Morgan fingerprint density at radius 2 is 2.25 bits per heavy atom. The topological polar surface area (TPSA) is 50.4 Å². The van der Waals surface area contributed by atoms with Gasteiger partial charge < -0.3 is 11.1 Å². The monoisotopic (exact) mass is 167 g/mol. The van der Waals surface area contributed by atoms with Crippen LogP contribution >= 0.6 is 0 Å². The molecule has 0 aromatic carbocycles. The molecule has 0 unspecified atom stereocenters. The van der Waals surface area contributed by atoms with Gasteiger partial charge in [-0.15, -0.1) is 0 Å². The zero-order chi connectivity index (χ0) is 8.81. The van der Waals surface area contributed by atoms with Crippen molar-refractivity contribution in [2.24, 2.45) is 10.7 Å². The molecule has 0 aromatic rings. The standard InChI is InChI=1S/C9H17N3/c1-2-7-11-9(10)12-8-5-3-4-6-8/h3-4,8H,2,5-7H2,1H3,(H3,10,11,12). The first-order valence-electron chi connectivity index (χ1n) is 4.54. The molecule has 0 amide bonds. The van der Waals surface area contributed by atoms with E-state index in [4.69, 9.17) is 5.73 Å². The van der Waals surface area contributed by atoms with Crippen LogP contribution in [0.1, 0.15) is 26.2 Å². The molecule has 1 aliphatic carbocycles. The van der Waals surface area contributed by atoms with Gasteiger partial charge in [0.1, 0.15) is 0 Å². The molecule has 68 valence electrons. The number of nitrogens with two attached hydrogens (primary N) is 1. The van der Waals surface area contributed by atoms with Gasteiger partial charge in [-0.1, -0.05) is 19.1 Å². The van der Waals surface area contributed by atoms with Gasteiger partial charge in [0.2, 0.25) is 0 Å². The van der Waals surface area contributed by atoms with Crippen LogP contribution in [-0.4, -0.2) is 18.5 Å². The largest absolute Gasteiger partial charge is 0.370 e. The molecule has 0 spiro atoms. The molecule has 0 atom stereocenters. The van der Waals surface area contributed by atoms with Crippen molar-refractivity contribution in [3.63, 3.8) is 0 Å². The van der Waals surface area contributed by atoms with Crippen molar-refractivity contribution >= 4 is 5.96 Å². The van der Waals surface area contributed by atoms with Crippen molar-refractivity contribution in [3.8, 4) is 0 Å². The normalized spacial score (nSPS) is 18.6. The fourth-order valence-electron chi connectivity index (χ4n) is 1.22. The van der Waals surface area contributed by atoms with E-state index >= 15 is 0 Å². The molecule has 0 bridgehead atoms. The highest BCUT2D eigenvalue weighted by Gasteiger charge is 2.09. The van der Waals surface area contributed by atoms with Crippen molar-refractivity contribution in [2.75, 3.05) is 6.54 Å². The van der Waals surface area contributed by atoms with Crippen molar-refractivity contribution in [2.45, 2.75) is 32.2 Å². The Kier molecular flexibility index (Phi) is 3.64. The average Bonchev–Trinajstić information content (AvgIpc) is 2.53. The highest BCUT2D eigenvalue weighted by molar-refractivity contribution is 5.78. The second-order valence-corrected chi connectivity index (χ2v) is 3.05. The summed E-state index contributed by atoms with van der Waals surface area (Å²) in [5.41, 5.74) is 5.65. The quantitative estimate of drug-likeness (QED) is 0.374.